The van der Waals surface area contributed by atoms with E-state index in [-0.39, 0.29) is 5.78 Å². The van der Waals surface area contributed by atoms with Crippen LogP contribution in [0.3, 0.4) is 0 Å². The number of thiophene rings is 1. The molecule has 0 aliphatic rings. The van der Waals surface area contributed by atoms with E-state index in [4.69, 9.17) is 11.6 Å². The molecule has 0 aromatic carbocycles. The highest BCUT2D eigenvalue weighted by Gasteiger charge is 1.97. The van der Waals surface area contributed by atoms with Gasteiger partial charge in [0, 0.05) is 11.4 Å². The predicted octanol–water partition coefficient (Wildman–Crippen LogP) is 2.08. The molecule has 1 rings (SSSR count). The normalized spacial score (nSPS) is 10.2. The molecule has 0 bridgehead atoms. The molecule has 0 saturated carbocycles. The molecule has 0 radical (unpaired) electrons. The Balaban J connectivity index is 2.29. The minimum atomic E-state index is 0.151. The average molecular weight is 204 g/mol. The van der Waals surface area contributed by atoms with Crippen molar-refractivity contribution < 1.29 is 4.79 Å². The number of hydrogen-bond acceptors (Lipinski definition) is 3. The van der Waals surface area contributed by atoms with Crippen LogP contribution in [-0.4, -0.2) is 12.3 Å². The van der Waals surface area contributed by atoms with Gasteiger partial charge in [-0.3, -0.25) is 4.79 Å². The summed E-state index contributed by atoms with van der Waals surface area (Å²) in [6.07, 6.45) is 0. The smallest absolute Gasteiger partial charge is 0.143 e. The van der Waals surface area contributed by atoms with E-state index in [0.29, 0.717) is 6.54 Å². The SMILES string of the molecule is CC(=O)CNCc1ccc(Cl)s1. The van der Waals surface area contributed by atoms with Gasteiger partial charge in [0.2, 0.25) is 0 Å². The second-order valence-corrected chi connectivity index (χ2v) is 4.31. The van der Waals surface area contributed by atoms with Gasteiger partial charge in [-0.2, -0.15) is 0 Å². The largest absolute Gasteiger partial charge is 0.305 e. The van der Waals surface area contributed by atoms with Crippen molar-refractivity contribution in [3.05, 3.63) is 21.3 Å². The first-order chi connectivity index (χ1) is 5.68. The fourth-order valence-electron chi connectivity index (χ4n) is 0.808. The summed E-state index contributed by atoms with van der Waals surface area (Å²) in [6, 6.07) is 3.82. The summed E-state index contributed by atoms with van der Waals surface area (Å²) in [4.78, 5) is 11.7. The lowest BCUT2D eigenvalue weighted by Crippen LogP contribution is -2.19. The Morgan fingerprint density at radius 3 is 2.92 bits per heavy atom. The van der Waals surface area contributed by atoms with E-state index in [1.165, 1.54) is 11.3 Å². The molecule has 2 nitrogen and oxygen atoms in total. The highest BCUT2D eigenvalue weighted by Crippen LogP contribution is 2.20. The maximum atomic E-state index is 10.6. The van der Waals surface area contributed by atoms with Crippen molar-refractivity contribution >= 4 is 28.7 Å². The molecule has 0 amide bonds. The molecular formula is C8H10ClNOS. The minimum Gasteiger partial charge on any atom is -0.305 e. The number of nitrogens with one attached hydrogen (secondary N) is 1. The zero-order valence-electron chi connectivity index (χ0n) is 6.76. The zero-order valence-corrected chi connectivity index (χ0v) is 8.34. The summed E-state index contributed by atoms with van der Waals surface area (Å²) in [5.41, 5.74) is 0. The lowest BCUT2D eigenvalue weighted by atomic mass is 10.4. The Morgan fingerprint density at radius 1 is 1.67 bits per heavy atom. The quantitative estimate of drug-likeness (QED) is 0.812. The minimum absolute atomic E-state index is 0.151. The Labute approximate surface area is 80.5 Å². The van der Waals surface area contributed by atoms with Crippen LogP contribution >= 0.6 is 22.9 Å². The van der Waals surface area contributed by atoms with Crippen molar-refractivity contribution in [3.63, 3.8) is 0 Å². The third kappa shape index (κ3) is 3.34. The van der Waals surface area contributed by atoms with Gasteiger partial charge in [-0.05, 0) is 19.1 Å². The number of hydrogen-bond donors (Lipinski definition) is 1. The first kappa shape index (κ1) is 9.71. The fourth-order valence-corrected chi connectivity index (χ4v) is 1.87. The summed E-state index contributed by atoms with van der Waals surface area (Å²) in [5, 5.41) is 3.02. The number of carbonyl (C=O) groups excluding carboxylic acids is 1. The van der Waals surface area contributed by atoms with Gasteiger partial charge in [0.15, 0.2) is 0 Å². The van der Waals surface area contributed by atoms with Gasteiger partial charge in [-0.25, -0.2) is 0 Å². The number of halogens is 1. The second kappa shape index (κ2) is 4.60. The third-order valence-electron chi connectivity index (χ3n) is 1.30. The maximum absolute atomic E-state index is 10.6. The van der Waals surface area contributed by atoms with Crippen molar-refractivity contribution in [2.45, 2.75) is 13.5 Å². The topological polar surface area (TPSA) is 29.1 Å². The van der Waals surface area contributed by atoms with Gasteiger partial charge in [-0.15, -0.1) is 11.3 Å². The van der Waals surface area contributed by atoms with E-state index in [9.17, 15) is 4.79 Å². The van der Waals surface area contributed by atoms with Gasteiger partial charge in [0.1, 0.15) is 5.78 Å². The van der Waals surface area contributed by atoms with Gasteiger partial charge >= 0.3 is 0 Å². The molecule has 0 fully saturated rings. The van der Waals surface area contributed by atoms with Gasteiger partial charge < -0.3 is 5.32 Å². The molecule has 1 heterocycles. The van der Waals surface area contributed by atoms with Crippen molar-refractivity contribution in [3.8, 4) is 0 Å². The van der Waals surface area contributed by atoms with Crippen molar-refractivity contribution in [1.29, 1.82) is 0 Å². The summed E-state index contributed by atoms with van der Waals surface area (Å²) < 4.78 is 0.787. The van der Waals surface area contributed by atoms with E-state index in [1.807, 2.05) is 12.1 Å². The lowest BCUT2D eigenvalue weighted by Gasteiger charge is -1.97. The Kier molecular flexibility index (Phi) is 3.72. The molecule has 0 spiro atoms. The molecule has 0 aliphatic carbocycles. The van der Waals surface area contributed by atoms with Gasteiger partial charge in [0.05, 0.1) is 10.9 Å². The van der Waals surface area contributed by atoms with Crippen molar-refractivity contribution in [2.24, 2.45) is 0 Å². The molecule has 0 atom stereocenters. The van der Waals surface area contributed by atoms with Crippen molar-refractivity contribution in [1.82, 2.24) is 5.32 Å². The van der Waals surface area contributed by atoms with Crippen LogP contribution in [0.25, 0.3) is 0 Å². The first-order valence-electron chi connectivity index (χ1n) is 3.63. The summed E-state index contributed by atoms with van der Waals surface area (Å²) in [6.45, 7) is 2.71. The number of rotatable bonds is 4. The van der Waals surface area contributed by atoms with Gasteiger partial charge in [0.25, 0.3) is 0 Å². The number of Topliss-reactive ketones (excluding diaryl/α,β-unsaturated/α-hetero) is 1. The average Bonchev–Trinajstić information content (AvgIpc) is 2.35. The molecule has 0 unspecified atom stereocenters. The molecule has 66 valence electrons. The predicted molar refractivity (Wildman–Crippen MR) is 51.7 cm³/mol. The molecule has 0 saturated heterocycles. The maximum Gasteiger partial charge on any atom is 0.143 e. The van der Waals surface area contributed by atoms with E-state index in [0.717, 1.165) is 15.8 Å². The highest BCUT2D eigenvalue weighted by molar-refractivity contribution is 7.16. The molecule has 4 heteroatoms. The molecule has 1 aromatic heterocycles. The second-order valence-electron chi connectivity index (χ2n) is 2.51. The number of ketones is 1. The van der Waals surface area contributed by atoms with E-state index >= 15 is 0 Å². The lowest BCUT2D eigenvalue weighted by molar-refractivity contribution is -0.116. The van der Waals surface area contributed by atoms with Crippen LogP contribution in [0.5, 0.6) is 0 Å². The van der Waals surface area contributed by atoms with Crippen LogP contribution in [0.15, 0.2) is 12.1 Å². The van der Waals surface area contributed by atoms with E-state index < -0.39 is 0 Å². The Bertz CT molecular complexity index is 272. The van der Waals surface area contributed by atoms with Crippen LogP contribution in [0.4, 0.5) is 0 Å². The number of carbonyl (C=O) groups is 1. The summed E-state index contributed by atoms with van der Waals surface area (Å²) in [7, 11) is 0. The zero-order chi connectivity index (χ0) is 8.97. The van der Waals surface area contributed by atoms with Crippen LogP contribution in [0.2, 0.25) is 4.34 Å². The standard InChI is InChI=1S/C8H10ClNOS/c1-6(11)4-10-5-7-2-3-8(9)12-7/h2-3,10H,4-5H2,1H3. The Hall–Kier alpha value is -0.380. The van der Waals surface area contributed by atoms with Gasteiger partial charge in [-0.1, -0.05) is 11.6 Å². The molecule has 12 heavy (non-hydrogen) atoms. The fraction of sp³-hybridized carbons (Fsp3) is 0.375. The van der Waals surface area contributed by atoms with Crippen LogP contribution in [0.1, 0.15) is 11.8 Å². The molecular weight excluding hydrogens is 194 g/mol. The molecule has 1 aromatic rings. The van der Waals surface area contributed by atoms with Crippen LogP contribution in [0, 0.1) is 0 Å². The Morgan fingerprint density at radius 2 is 2.42 bits per heavy atom. The van der Waals surface area contributed by atoms with E-state index in [1.54, 1.807) is 6.92 Å². The highest BCUT2D eigenvalue weighted by atomic mass is 35.5. The first-order valence-corrected chi connectivity index (χ1v) is 4.82. The third-order valence-corrected chi connectivity index (χ3v) is 2.53. The molecule has 0 aliphatic heterocycles. The van der Waals surface area contributed by atoms with Crippen molar-refractivity contribution in [2.75, 3.05) is 6.54 Å². The summed E-state index contributed by atoms with van der Waals surface area (Å²) >= 11 is 7.26. The monoisotopic (exact) mass is 203 g/mol. The van der Waals surface area contributed by atoms with E-state index in [2.05, 4.69) is 5.32 Å². The molecule has 1 N–H and O–H groups in total. The van der Waals surface area contributed by atoms with Crippen LogP contribution in [-0.2, 0) is 11.3 Å². The van der Waals surface area contributed by atoms with Crippen LogP contribution < -0.4 is 5.32 Å². The summed E-state index contributed by atoms with van der Waals surface area (Å²) in [5.74, 6) is 0.151.